The molecule has 12 heavy (non-hydrogen) atoms. The van der Waals surface area contributed by atoms with Crippen LogP contribution in [0, 0.1) is 12.3 Å². The quantitative estimate of drug-likeness (QED) is 0.628. The molecule has 3 fully saturated rings. The Hall–Kier alpha value is -0.860. The third-order valence-corrected chi connectivity index (χ3v) is 3.36. The van der Waals surface area contributed by atoms with Crippen LogP contribution in [0.5, 0.6) is 0 Å². The van der Waals surface area contributed by atoms with Crippen molar-refractivity contribution in [2.75, 3.05) is 0 Å². The normalized spacial score (nSPS) is 43.5. The van der Waals surface area contributed by atoms with E-state index in [2.05, 4.69) is 28.1 Å². The van der Waals surface area contributed by atoms with E-state index in [1.165, 1.54) is 19.3 Å². The van der Waals surface area contributed by atoms with Crippen LogP contribution < -0.4 is 0 Å². The summed E-state index contributed by atoms with van der Waals surface area (Å²) in [5, 5.41) is 8.17. The molecule has 3 saturated carbocycles. The summed E-state index contributed by atoms with van der Waals surface area (Å²) in [6.45, 7) is 4.36. The van der Waals surface area contributed by atoms with E-state index < -0.39 is 0 Å². The smallest absolute Gasteiger partial charge is 0.0796 e. The van der Waals surface area contributed by atoms with Crippen molar-refractivity contribution in [1.82, 2.24) is 15.0 Å². The van der Waals surface area contributed by atoms with Gasteiger partial charge in [-0.2, -0.15) is 0 Å². The van der Waals surface area contributed by atoms with Crippen LogP contribution in [0.25, 0.3) is 0 Å². The lowest BCUT2D eigenvalue weighted by Crippen LogP contribution is -2.66. The van der Waals surface area contributed by atoms with Gasteiger partial charge in [0.25, 0.3) is 0 Å². The number of rotatable bonds is 1. The fourth-order valence-electron chi connectivity index (χ4n) is 3.05. The summed E-state index contributed by atoms with van der Waals surface area (Å²) in [6, 6.07) is 0. The Labute approximate surface area is 71.8 Å². The first-order valence-corrected chi connectivity index (χ1v) is 4.52. The molecule has 0 N–H and O–H groups in total. The van der Waals surface area contributed by atoms with Crippen molar-refractivity contribution < 1.29 is 0 Å². The lowest BCUT2D eigenvalue weighted by Gasteiger charge is -2.68. The molecule has 3 nitrogen and oxygen atoms in total. The summed E-state index contributed by atoms with van der Waals surface area (Å²) in [6.07, 6.45) is 5.99. The van der Waals surface area contributed by atoms with Gasteiger partial charge in [0, 0.05) is 6.20 Å². The second-order valence-corrected chi connectivity index (χ2v) is 4.87. The summed E-state index contributed by atoms with van der Waals surface area (Å²) in [7, 11) is 0. The number of aromatic nitrogens is 3. The molecule has 0 atom stereocenters. The molecule has 0 saturated heterocycles. The predicted octanol–water partition coefficient (Wildman–Crippen LogP) is 1.49. The van der Waals surface area contributed by atoms with Crippen molar-refractivity contribution in [3.8, 4) is 0 Å². The predicted molar refractivity (Wildman–Crippen MR) is 44.7 cm³/mol. The van der Waals surface area contributed by atoms with E-state index >= 15 is 0 Å². The van der Waals surface area contributed by atoms with Gasteiger partial charge in [0.05, 0.1) is 11.2 Å². The minimum atomic E-state index is 0.385. The first-order chi connectivity index (χ1) is 5.62. The van der Waals surface area contributed by atoms with Gasteiger partial charge in [-0.25, -0.2) is 4.68 Å². The summed E-state index contributed by atoms with van der Waals surface area (Å²) in [4.78, 5) is 0. The Morgan fingerprint density at radius 2 is 2.08 bits per heavy atom. The molecule has 3 aliphatic rings. The number of hydrogen-bond acceptors (Lipinski definition) is 2. The van der Waals surface area contributed by atoms with Crippen LogP contribution >= 0.6 is 0 Å². The molecule has 3 aliphatic carbocycles. The Bertz CT molecular complexity index is 320. The molecule has 0 spiro atoms. The van der Waals surface area contributed by atoms with Gasteiger partial charge in [0.15, 0.2) is 0 Å². The fourth-order valence-corrected chi connectivity index (χ4v) is 3.05. The standard InChI is InChI=1S/C9H13N3/c1-7-3-12(11-10-7)9-4-8(2,5-9)6-9/h3H,4-6H2,1-2H3. The van der Waals surface area contributed by atoms with Gasteiger partial charge in [0.1, 0.15) is 0 Å². The molecule has 1 aromatic rings. The van der Waals surface area contributed by atoms with E-state index in [0.717, 1.165) is 5.69 Å². The molecular formula is C9H13N3. The van der Waals surface area contributed by atoms with Crippen molar-refractivity contribution in [3.63, 3.8) is 0 Å². The Kier molecular flexibility index (Phi) is 0.875. The van der Waals surface area contributed by atoms with Gasteiger partial charge in [-0.1, -0.05) is 12.1 Å². The van der Waals surface area contributed by atoms with Crippen LogP contribution in [0.4, 0.5) is 0 Å². The average Bonchev–Trinajstić information content (AvgIpc) is 2.26. The van der Waals surface area contributed by atoms with Crippen molar-refractivity contribution in [1.29, 1.82) is 0 Å². The van der Waals surface area contributed by atoms with Gasteiger partial charge in [-0.15, -0.1) is 5.10 Å². The first-order valence-electron chi connectivity index (χ1n) is 4.52. The lowest BCUT2D eigenvalue weighted by atomic mass is 9.40. The van der Waals surface area contributed by atoms with E-state index in [1.807, 2.05) is 6.92 Å². The average molecular weight is 163 g/mol. The highest BCUT2D eigenvalue weighted by molar-refractivity contribution is 5.18. The molecule has 3 heteroatoms. The molecular weight excluding hydrogens is 150 g/mol. The van der Waals surface area contributed by atoms with Crippen molar-refractivity contribution in [3.05, 3.63) is 11.9 Å². The molecule has 0 aromatic carbocycles. The maximum absolute atomic E-state index is 4.15. The monoisotopic (exact) mass is 163 g/mol. The van der Waals surface area contributed by atoms with Crippen LogP contribution in [0.15, 0.2) is 6.20 Å². The van der Waals surface area contributed by atoms with Crippen molar-refractivity contribution >= 4 is 0 Å². The van der Waals surface area contributed by atoms with Gasteiger partial charge < -0.3 is 0 Å². The summed E-state index contributed by atoms with van der Waals surface area (Å²) >= 11 is 0. The van der Waals surface area contributed by atoms with Gasteiger partial charge >= 0.3 is 0 Å². The number of aryl methyl sites for hydroxylation is 1. The second-order valence-electron chi connectivity index (χ2n) is 4.87. The lowest BCUT2D eigenvalue weighted by molar-refractivity contribution is -0.181. The Morgan fingerprint density at radius 3 is 2.50 bits per heavy atom. The van der Waals surface area contributed by atoms with Gasteiger partial charge in [-0.3, -0.25) is 0 Å². The zero-order valence-electron chi connectivity index (χ0n) is 7.54. The molecule has 0 radical (unpaired) electrons. The minimum absolute atomic E-state index is 0.385. The van der Waals surface area contributed by atoms with Gasteiger partial charge in [-0.05, 0) is 31.6 Å². The molecule has 4 rings (SSSR count). The molecule has 2 bridgehead atoms. The van der Waals surface area contributed by atoms with E-state index in [1.54, 1.807) is 0 Å². The van der Waals surface area contributed by atoms with Crippen molar-refractivity contribution in [2.45, 2.75) is 38.6 Å². The third kappa shape index (κ3) is 0.586. The second kappa shape index (κ2) is 1.58. The Balaban J connectivity index is 1.93. The number of hydrogen-bond donors (Lipinski definition) is 0. The van der Waals surface area contributed by atoms with E-state index in [9.17, 15) is 0 Å². The highest BCUT2D eigenvalue weighted by Gasteiger charge is 2.66. The highest BCUT2D eigenvalue weighted by atomic mass is 15.5. The third-order valence-electron chi connectivity index (χ3n) is 3.36. The highest BCUT2D eigenvalue weighted by Crippen LogP contribution is 2.70. The topological polar surface area (TPSA) is 30.7 Å². The summed E-state index contributed by atoms with van der Waals surface area (Å²) in [5.74, 6) is 0. The number of nitrogens with zero attached hydrogens (tertiary/aromatic N) is 3. The molecule has 0 amide bonds. The fraction of sp³-hybridized carbons (Fsp3) is 0.778. The summed E-state index contributed by atoms with van der Waals surface area (Å²) < 4.78 is 2.08. The van der Waals surface area contributed by atoms with Crippen LogP contribution in [0.1, 0.15) is 31.9 Å². The van der Waals surface area contributed by atoms with E-state index in [4.69, 9.17) is 0 Å². The van der Waals surface area contributed by atoms with E-state index in [0.29, 0.717) is 11.0 Å². The molecule has 1 aromatic heterocycles. The maximum Gasteiger partial charge on any atom is 0.0796 e. The maximum atomic E-state index is 4.15. The molecule has 0 aliphatic heterocycles. The van der Waals surface area contributed by atoms with Crippen molar-refractivity contribution in [2.24, 2.45) is 5.41 Å². The zero-order chi connectivity index (χ0) is 8.40. The minimum Gasteiger partial charge on any atom is -0.246 e. The zero-order valence-corrected chi connectivity index (χ0v) is 7.54. The van der Waals surface area contributed by atoms with Crippen LogP contribution in [-0.4, -0.2) is 15.0 Å². The SMILES string of the molecule is Cc1cn(C23CC(C)(C2)C3)nn1. The Morgan fingerprint density at radius 1 is 1.42 bits per heavy atom. The summed E-state index contributed by atoms with van der Waals surface area (Å²) in [5.41, 5.74) is 2.07. The van der Waals surface area contributed by atoms with Gasteiger partial charge in [0.2, 0.25) is 0 Å². The van der Waals surface area contributed by atoms with E-state index in [-0.39, 0.29) is 0 Å². The largest absolute Gasteiger partial charge is 0.246 e. The van der Waals surface area contributed by atoms with Crippen LogP contribution in [0.2, 0.25) is 0 Å². The molecule has 1 heterocycles. The molecule has 0 unspecified atom stereocenters. The molecule has 64 valence electrons. The first kappa shape index (κ1) is 6.63. The van der Waals surface area contributed by atoms with Crippen LogP contribution in [0.3, 0.4) is 0 Å². The van der Waals surface area contributed by atoms with Crippen LogP contribution in [-0.2, 0) is 5.54 Å².